The summed E-state index contributed by atoms with van der Waals surface area (Å²) in [5.41, 5.74) is -1.83. The molecule has 3 aromatic rings. The zero-order valence-corrected chi connectivity index (χ0v) is 33.4. The smallest absolute Gasteiger partial charge is 0.269 e. The zero-order valence-electron chi connectivity index (χ0n) is 33.4. The molecule has 0 aliphatic carbocycles. The number of phenols is 2. The molecule has 4 aliphatic rings. The molecule has 0 bridgehead atoms. The molecule has 1 aromatic heterocycles. The highest BCUT2D eigenvalue weighted by Gasteiger charge is 2.65. The SMILES string of the molecule is C[C@@H]1O[C@@H](OC[C@@H]2O[C@H](Oc3ccc(-c4oc5cc(O)cc(O)c5c(=O)c4O[C@@]4([C@H]5O[C@@H](CO)[C@@H](O)[C@@H](O)[C@@H]5O)O[C@@H](CO)[C@H](O)[C@H](O)[C@@H]4O)cc3)[C@@H](O)[C@@H](O)[C@H]2O)[C@H](O)[C@@H](O)[C@H]1O. The maximum absolute atomic E-state index is 14.4. The fourth-order valence-corrected chi connectivity index (χ4v) is 8.00. The van der Waals surface area contributed by atoms with E-state index in [9.17, 15) is 86.5 Å². The number of benzene rings is 2. The van der Waals surface area contributed by atoms with Crippen molar-refractivity contribution in [1.29, 1.82) is 0 Å². The molecule has 0 saturated carbocycles. The van der Waals surface area contributed by atoms with Crippen molar-refractivity contribution in [2.75, 3.05) is 19.8 Å². The average Bonchev–Trinajstić information content (AvgIpc) is 3.27. The van der Waals surface area contributed by atoms with Crippen LogP contribution in [0.15, 0.2) is 45.6 Å². The summed E-state index contributed by atoms with van der Waals surface area (Å²) < 4.78 is 45.9. The Kier molecular flexibility index (Phi) is 14.1. The van der Waals surface area contributed by atoms with Gasteiger partial charge in [0.05, 0.1) is 25.9 Å². The van der Waals surface area contributed by atoms with E-state index in [-0.39, 0.29) is 11.3 Å². The summed E-state index contributed by atoms with van der Waals surface area (Å²) in [6, 6.07) is 6.57. The second-order valence-corrected chi connectivity index (χ2v) is 15.9. The molecule has 0 spiro atoms. The molecule has 356 valence electrons. The Hall–Kier alpha value is -3.91. The molecule has 0 radical (unpaired) electrons. The van der Waals surface area contributed by atoms with Crippen LogP contribution in [0.25, 0.3) is 22.3 Å². The molecule has 4 aliphatic heterocycles. The molecule has 0 amide bonds. The molecule has 7 rings (SSSR count). The Morgan fingerprint density at radius 2 is 1.23 bits per heavy atom. The van der Waals surface area contributed by atoms with E-state index < -0.39 is 181 Å². The normalized spacial score (nSPS) is 41.8. The highest BCUT2D eigenvalue weighted by molar-refractivity contribution is 5.88. The van der Waals surface area contributed by atoms with Crippen molar-refractivity contribution in [3.8, 4) is 34.3 Å². The Morgan fingerprint density at radius 3 is 1.89 bits per heavy atom. The lowest BCUT2D eigenvalue weighted by Gasteiger charge is -2.54. The summed E-state index contributed by atoms with van der Waals surface area (Å²) in [4.78, 5) is 14.4. The molecule has 4 saturated heterocycles. The molecule has 4 fully saturated rings. The third-order valence-corrected chi connectivity index (χ3v) is 11.7. The molecule has 0 unspecified atom stereocenters. The lowest BCUT2D eigenvalue weighted by atomic mass is 9.83. The van der Waals surface area contributed by atoms with Crippen LogP contribution in [-0.2, 0) is 23.7 Å². The van der Waals surface area contributed by atoms with Crippen LogP contribution in [0.5, 0.6) is 23.0 Å². The monoisotopic (exact) mass is 918 g/mol. The van der Waals surface area contributed by atoms with Gasteiger partial charge in [-0.3, -0.25) is 4.79 Å². The van der Waals surface area contributed by atoms with Gasteiger partial charge in [-0.2, -0.15) is 0 Å². The van der Waals surface area contributed by atoms with Gasteiger partial charge in [0, 0.05) is 17.7 Å². The van der Waals surface area contributed by atoms with Gasteiger partial charge in [0.2, 0.25) is 17.5 Å². The van der Waals surface area contributed by atoms with E-state index in [2.05, 4.69) is 0 Å². The number of aliphatic hydroxyl groups excluding tert-OH is 14. The van der Waals surface area contributed by atoms with Crippen molar-refractivity contribution in [1.82, 2.24) is 0 Å². The third kappa shape index (κ3) is 8.52. The van der Waals surface area contributed by atoms with Gasteiger partial charge in [0.25, 0.3) is 5.79 Å². The van der Waals surface area contributed by atoms with E-state index in [1.54, 1.807) is 0 Å². The van der Waals surface area contributed by atoms with E-state index in [0.29, 0.717) is 0 Å². The summed E-state index contributed by atoms with van der Waals surface area (Å²) in [7, 11) is 0. The maximum Gasteiger partial charge on any atom is 0.269 e. The summed E-state index contributed by atoms with van der Waals surface area (Å²) in [6.45, 7) is -1.28. The number of hydrogen-bond acceptors (Lipinski definition) is 25. The Bertz CT molecular complexity index is 2130. The number of ether oxygens (including phenoxy) is 7. The van der Waals surface area contributed by atoms with Gasteiger partial charge in [-0.1, -0.05) is 0 Å². The number of rotatable bonds is 11. The second kappa shape index (κ2) is 18.8. The van der Waals surface area contributed by atoms with Crippen LogP contribution in [0.3, 0.4) is 0 Å². The molecule has 25 nitrogen and oxygen atoms in total. The average molecular weight is 919 g/mol. The van der Waals surface area contributed by atoms with E-state index in [0.717, 1.165) is 12.1 Å². The first-order chi connectivity index (χ1) is 30.2. The third-order valence-electron chi connectivity index (χ3n) is 11.7. The van der Waals surface area contributed by atoms with Gasteiger partial charge >= 0.3 is 0 Å². The largest absolute Gasteiger partial charge is 0.508 e. The van der Waals surface area contributed by atoms with Crippen molar-refractivity contribution >= 4 is 11.0 Å². The minimum Gasteiger partial charge on any atom is -0.508 e. The summed E-state index contributed by atoms with van der Waals surface area (Å²) in [6.07, 6.45) is -35.1. The zero-order chi connectivity index (χ0) is 46.7. The lowest BCUT2D eigenvalue weighted by molar-refractivity contribution is -0.396. The first-order valence-electron chi connectivity index (χ1n) is 19.9. The first kappa shape index (κ1) is 48.0. The molecular weight excluding hydrogens is 868 g/mol. The topological polar surface area (TPSA) is 419 Å². The maximum atomic E-state index is 14.4. The lowest BCUT2D eigenvalue weighted by Crippen LogP contribution is -2.77. The van der Waals surface area contributed by atoms with E-state index in [1.165, 1.54) is 31.2 Å². The van der Waals surface area contributed by atoms with Gasteiger partial charge in [-0.05, 0) is 31.2 Å². The van der Waals surface area contributed by atoms with Crippen LogP contribution in [0.2, 0.25) is 0 Å². The van der Waals surface area contributed by atoms with Crippen LogP contribution in [0, 0.1) is 0 Å². The minimum absolute atomic E-state index is 0.111. The summed E-state index contributed by atoms with van der Waals surface area (Å²) in [5, 5.41) is 169. The number of aliphatic hydroxyl groups is 14. The molecule has 2 aromatic carbocycles. The van der Waals surface area contributed by atoms with Crippen LogP contribution in [0.1, 0.15) is 6.92 Å². The molecular formula is C39H50O25. The molecule has 5 heterocycles. The fourth-order valence-electron chi connectivity index (χ4n) is 8.00. The minimum atomic E-state index is -3.15. The number of phenolic OH excluding ortho intramolecular Hbond substituents is 2. The standard InChI is InChI=1S/C39H50O25/c1-11-21(44)26(49)31(54)37(58-11)57-10-19-24(47)28(51)32(55)38(62-19)59-14-4-2-12(3-5-14)33-34(25(48)20-15(43)6-13(42)7-16(20)60-33)64-39(35(56)29(52)23(46)18(9-41)63-39)36-30(53)27(50)22(45)17(8-40)61-36/h2-7,11,17-19,21-24,26-32,35-38,40-47,49-56H,8-10H2,1H3/t11-,17-,18-,19-,21-,22+,23-,24-,26-,27+,28-,29-,30-,31+,32-,35-,36-,37+,38-,39-/m0/s1. The van der Waals surface area contributed by atoms with Crippen LogP contribution in [0.4, 0.5) is 0 Å². The van der Waals surface area contributed by atoms with Crippen molar-refractivity contribution in [2.45, 2.75) is 129 Å². The van der Waals surface area contributed by atoms with Crippen LogP contribution in [-0.4, -0.2) is 224 Å². The highest BCUT2D eigenvalue weighted by Crippen LogP contribution is 2.44. The van der Waals surface area contributed by atoms with Gasteiger partial charge in [0.1, 0.15) is 114 Å². The van der Waals surface area contributed by atoms with Gasteiger partial charge < -0.3 is 119 Å². The molecule has 16 N–H and O–H groups in total. The summed E-state index contributed by atoms with van der Waals surface area (Å²) in [5.74, 6) is -6.27. The predicted molar refractivity (Wildman–Crippen MR) is 204 cm³/mol. The van der Waals surface area contributed by atoms with E-state index in [4.69, 9.17) is 37.6 Å². The van der Waals surface area contributed by atoms with Gasteiger partial charge in [-0.15, -0.1) is 0 Å². The Balaban J connectivity index is 1.23. The van der Waals surface area contributed by atoms with Gasteiger partial charge in [-0.25, -0.2) is 0 Å². The van der Waals surface area contributed by atoms with Crippen LogP contribution >= 0.6 is 0 Å². The van der Waals surface area contributed by atoms with Crippen molar-refractivity contribution in [3.05, 3.63) is 46.6 Å². The van der Waals surface area contributed by atoms with E-state index in [1.807, 2.05) is 0 Å². The predicted octanol–water partition coefficient (Wildman–Crippen LogP) is -6.71. The highest BCUT2D eigenvalue weighted by atomic mass is 16.8. The van der Waals surface area contributed by atoms with Crippen molar-refractivity contribution in [2.24, 2.45) is 0 Å². The molecule has 20 atom stereocenters. The van der Waals surface area contributed by atoms with E-state index >= 15 is 0 Å². The first-order valence-corrected chi connectivity index (χ1v) is 19.9. The number of hydrogen-bond donors (Lipinski definition) is 16. The molecule has 64 heavy (non-hydrogen) atoms. The quantitative estimate of drug-likeness (QED) is 0.0850. The molecule has 25 heteroatoms. The number of aromatic hydroxyl groups is 2. The Morgan fingerprint density at radius 1 is 0.641 bits per heavy atom. The Labute approximate surface area is 359 Å². The summed E-state index contributed by atoms with van der Waals surface area (Å²) >= 11 is 0. The second-order valence-electron chi connectivity index (χ2n) is 15.9. The van der Waals surface area contributed by atoms with Crippen LogP contribution < -0.4 is 14.9 Å². The van der Waals surface area contributed by atoms with Gasteiger partial charge in [0.15, 0.2) is 24.3 Å². The van der Waals surface area contributed by atoms with Crippen molar-refractivity contribution in [3.63, 3.8) is 0 Å². The number of fused-ring (bicyclic) bond motifs is 1. The fraction of sp³-hybridized carbons (Fsp3) is 0.615. The van der Waals surface area contributed by atoms with Crippen molar-refractivity contribution < 1.29 is 119 Å².